The molecule has 0 aliphatic heterocycles. The third kappa shape index (κ3) is 3.29. The molecule has 0 saturated heterocycles. The zero-order chi connectivity index (χ0) is 14.7. The Hall–Kier alpha value is -1.77. The van der Waals surface area contributed by atoms with Crippen LogP contribution in [0.4, 0.5) is 0 Å². The Labute approximate surface area is 126 Å². The topological polar surface area (TPSA) is 44.9 Å². The maximum Gasteiger partial charge on any atom is 0.267 e. The highest BCUT2D eigenvalue weighted by Gasteiger charge is 2.16. The summed E-state index contributed by atoms with van der Waals surface area (Å²) < 4.78 is 0. The van der Waals surface area contributed by atoms with Crippen LogP contribution in [0.1, 0.15) is 61.0 Å². The van der Waals surface area contributed by atoms with Crippen LogP contribution in [0.2, 0.25) is 0 Å². The van der Waals surface area contributed by atoms with Gasteiger partial charge in [-0.1, -0.05) is 50.3 Å². The molecule has 1 aliphatic rings. The predicted octanol–water partition coefficient (Wildman–Crippen LogP) is 4.32. The van der Waals surface area contributed by atoms with Crippen molar-refractivity contribution in [3.05, 3.63) is 35.5 Å². The number of fused-ring (bicyclic) bond motifs is 1. The highest BCUT2D eigenvalue weighted by atomic mass is 16.1. The number of para-hydroxylation sites is 1. The molecule has 0 radical (unpaired) electrons. The highest BCUT2D eigenvalue weighted by Crippen LogP contribution is 2.20. The minimum Gasteiger partial charge on any atom is -0.350 e. The number of nitrogens with one attached hydrogen (secondary N) is 2. The van der Waals surface area contributed by atoms with Crippen molar-refractivity contribution in [1.29, 1.82) is 0 Å². The Morgan fingerprint density at radius 2 is 1.86 bits per heavy atom. The fourth-order valence-corrected chi connectivity index (χ4v) is 3.29. The summed E-state index contributed by atoms with van der Waals surface area (Å²) in [4.78, 5) is 15.7. The SMILES string of the molecule is Cc1cccc2cc(C(=O)NC3CCCCCCC3)[nH]c12. The van der Waals surface area contributed by atoms with Gasteiger partial charge in [-0.3, -0.25) is 4.79 Å². The third-order valence-corrected chi connectivity index (χ3v) is 4.55. The molecular formula is C18H24N2O. The second kappa shape index (κ2) is 6.33. The van der Waals surface area contributed by atoms with Crippen molar-refractivity contribution >= 4 is 16.8 Å². The first-order chi connectivity index (χ1) is 10.2. The first kappa shape index (κ1) is 14.2. The Bertz CT molecular complexity index is 621. The zero-order valence-corrected chi connectivity index (χ0v) is 12.7. The van der Waals surface area contributed by atoms with Gasteiger partial charge in [-0.15, -0.1) is 0 Å². The van der Waals surface area contributed by atoms with Crippen molar-refractivity contribution in [2.45, 2.75) is 57.9 Å². The lowest BCUT2D eigenvalue weighted by Gasteiger charge is -2.20. The molecule has 1 amide bonds. The van der Waals surface area contributed by atoms with E-state index in [9.17, 15) is 4.79 Å². The lowest BCUT2D eigenvalue weighted by Crippen LogP contribution is -2.35. The average Bonchev–Trinajstić information content (AvgIpc) is 2.87. The third-order valence-electron chi connectivity index (χ3n) is 4.55. The molecular weight excluding hydrogens is 260 g/mol. The van der Waals surface area contributed by atoms with Crippen molar-refractivity contribution in [2.24, 2.45) is 0 Å². The highest BCUT2D eigenvalue weighted by molar-refractivity contribution is 5.98. The van der Waals surface area contributed by atoms with Crippen LogP contribution >= 0.6 is 0 Å². The molecule has 0 bridgehead atoms. The van der Waals surface area contributed by atoms with E-state index >= 15 is 0 Å². The van der Waals surface area contributed by atoms with E-state index in [0.717, 1.165) is 23.7 Å². The van der Waals surface area contributed by atoms with E-state index in [4.69, 9.17) is 0 Å². The standard InChI is InChI=1S/C18H24N2O/c1-13-8-7-9-14-12-16(20-17(13)14)18(21)19-15-10-5-3-2-4-6-11-15/h7-9,12,15,20H,2-6,10-11H2,1H3,(H,19,21). The quantitative estimate of drug-likeness (QED) is 0.847. The maximum absolute atomic E-state index is 12.4. The van der Waals surface area contributed by atoms with Gasteiger partial charge in [0.15, 0.2) is 0 Å². The number of aromatic amines is 1. The van der Waals surface area contributed by atoms with E-state index in [0.29, 0.717) is 11.7 Å². The summed E-state index contributed by atoms with van der Waals surface area (Å²) in [6.45, 7) is 2.06. The summed E-state index contributed by atoms with van der Waals surface area (Å²) in [5.74, 6) is 0.0381. The summed E-state index contributed by atoms with van der Waals surface area (Å²) >= 11 is 0. The van der Waals surface area contributed by atoms with Crippen LogP contribution in [0.5, 0.6) is 0 Å². The van der Waals surface area contributed by atoms with Gasteiger partial charge in [-0.05, 0) is 31.4 Å². The Kier molecular flexibility index (Phi) is 4.28. The van der Waals surface area contributed by atoms with Crippen LogP contribution in [0.25, 0.3) is 10.9 Å². The minimum atomic E-state index is 0.0381. The van der Waals surface area contributed by atoms with E-state index in [1.165, 1.54) is 37.7 Å². The van der Waals surface area contributed by atoms with Gasteiger partial charge >= 0.3 is 0 Å². The molecule has 3 rings (SSSR count). The summed E-state index contributed by atoms with van der Waals surface area (Å²) in [6.07, 6.45) is 8.65. The summed E-state index contributed by atoms with van der Waals surface area (Å²) in [6, 6.07) is 8.44. The van der Waals surface area contributed by atoms with E-state index in [1.54, 1.807) is 0 Å². The van der Waals surface area contributed by atoms with E-state index in [1.807, 2.05) is 18.2 Å². The largest absolute Gasteiger partial charge is 0.350 e. The van der Waals surface area contributed by atoms with Crippen molar-refractivity contribution in [3.8, 4) is 0 Å². The van der Waals surface area contributed by atoms with Gasteiger partial charge in [0.05, 0.1) is 0 Å². The molecule has 1 aromatic heterocycles. The Morgan fingerprint density at radius 1 is 1.14 bits per heavy atom. The predicted molar refractivity (Wildman–Crippen MR) is 86.6 cm³/mol. The molecule has 3 nitrogen and oxygen atoms in total. The summed E-state index contributed by atoms with van der Waals surface area (Å²) in [7, 11) is 0. The molecule has 0 unspecified atom stereocenters. The van der Waals surface area contributed by atoms with Crippen LogP contribution < -0.4 is 5.32 Å². The van der Waals surface area contributed by atoms with Gasteiger partial charge in [-0.25, -0.2) is 0 Å². The van der Waals surface area contributed by atoms with E-state index in [2.05, 4.69) is 23.3 Å². The molecule has 1 aromatic carbocycles. The molecule has 1 heterocycles. The number of H-pyrrole nitrogens is 1. The van der Waals surface area contributed by atoms with Gasteiger partial charge in [0.25, 0.3) is 5.91 Å². The van der Waals surface area contributed by atoms with Crippen molar-refractivity contribution < 1.29 is 4.79 Å². The average molecular weight is 284 g/mol. The number of aromatic nitrogens is 1. The minimum absolute atomic E-state index is 0.0381. The maximum atomic E-state index is 12.4. The molecule has 21 heavy (non-hydrogen) atoms. The fraction of sp³-hybridized carbons (Fsp3) is 0.500. The second-order valence-electron chi connectivity index (χ2n) is 6.24. The number of benzene rings is 1. The van der Waals surface area contributed by atoms with Crippen molar-refractivity contribution in [2.75, 3.05) is 0 Å². The van der Waals surface area contributed by atoms with Crippen LogP contribution in [0, 0.1) is 6.92 Å². The molecule has 3 heteroatoms. The number of hydrogen-bond acceptors (Lipinski definition) is 1. The first-order valence-corrected chi connectivity index (χ1v) is 8.13. The summed E-state index contributed by atoms with van der Waals surface area (Å²) in [5.41, 5.74) is 2.93. The number of amides is 1. The number of rotatable bonds is 2. The lowest BCUT2D eigenvalue weighted by atomic mass is 9.96. The van der Waals surface area contributed by atoms with Gasteiger partial charge in [0.2, 0.25) is 0 Å². The molecule has 1 fully saturated rings. The van der Waals surface area contributed by atoms with Gasteiger partial charge in [0, 0.05) is 16.9 Å². The molecule has 0 spiro atoms. The van der Waals surface area contributed by atoms with Gasteiger partial charge < -0.3 is 10.3 Å². The first-order valence-electron chi connectivity index (χ1n) is 8.13. The molecule has 112 valence electrons. The Morgan fingerprint density at radius 3 is 2.57 bits per heavy atom. The van der Waals surface area contributed by atoms with Crippen LogP contribution in [-0.4, -0.2) is 16.9 Å². The molecule has 2 N–H and O–H groups in total. The van der Waals surface area contributed by atoms with E-state index < -0.39 is 0 Å². The van der Waals surface area contributed by atoms with Crippen molar-refractivity contribution in [3.63, 3.8) is 0 Å². The molecule has 1 saturated carbocycles. The second-order valence-corrected chi connectivity index (χ2v) is 6.24. The number of hydrogen-bond donors (Lipinski definition) is 2. The van der Waals surface area contributed by atoms with E-state index in [-0.39, 0.29) is 5.91 Å². The number of carbonyl (C=O) groups excluding carboxylic acids is 1. The van der Waals surface area contributed by atoms with Gasteiger partial charge in [-0.2, -0.15) is 0 Å². The molecule has 1 aliphatic carbocycles. The smallest absolute Gasteiger partial charge is 0.267 e. The normalized spacial score (nSPS) is 17.4. The monoisotopic (exact) mass is 284 g/mol. The van der Waals surface area contributed by atoms with Gasteiger partial charge in [0.1, 0.15) is 5.69 Å². The Balaban J connectivity index is 1.72. The zero-order valence-electron chi connectivity index (χ0n) is 12.7. The van der Waals surface area contributed by atoms with Crippen LogP contribution in [-0.2, 0) is 0 Å². The van der Waals surface area contributed by atoms with Crippen LogP contribution in [0.15, 0.2) is 24.3 Å². The van der Waals surface area contributed by atoms with Crippen molar-refractivity contribution in [1.82, 2.24) is 10.3 Å². The summed E-state index contributed by atoms with van der Waals surface area (Å²) in [5, 5.41) is 4.32. The van der Waals surface area contributed by atoms with Crippen LogP contribution in [0.3, 0.4) is 0 Å². The lowest BCUT2D eigenvalue weighted by molar-refractivity contribution is 0.0926. The molecule has 2 aromatic rings. The number of aryl methyl sites for hydroxylation is 1. The fourth-order valence-electron chi connectivity index (χ4n) is 3.29. The molecule has 0 atom stereocenters. The number of carbonyl (C=O) groups is 1.